The molecule has 1 aliphatic rings. The molecule has 3 rings (SSSR count). The maximum atomic E-state index is 12.8. The van der Waals surface area contributed by atoms with Crippen molar-refractivity contribution in [2.24, 2.45) is 0 Å². The molecule has 0 aliphatic carbocycles. The molecule has 4 nitrogen and oxygen atoms in total. The Bertz CT molecular complexity index is 648. The third kappa shape index (κ3) is 3.64. The average molecular weight is 343 g/mol. The summed E-state index contributed by atoms with van der Waals surface area (Å²) in [6, 6.07) is 4.53. The maximum absolute atomic E-state index is 12.8. The third-order valence-electron chi connectivity index (χ3n) is 3.93. The van der Waals surface area contributed by atoms with Crippen LogP contribution in [0.25, 0.3) is 0 Å². The molecule has 0 radical (unpaired) electrons. The quantitative estimate of drug-likeness (QED) is 0.921. The van der Waals surface area contributed by atoms with Crippen LogP contribution in [0.5, 0.6) is 0 Å². The molecule has 0 amide bonds. The van der Waals surface area contributed by atoms with Crippen LogP contribution < -0.4 is 4.90 Å². The van der Waals surface area contributed by atoms with E-state index >= 15 is 0 Å². The standard InChI is InChI=1S/C15H16F3N3OS/c16-15(17,18)13-5-6-19-14(20-13)21-7-1-3-10(21)9-11(22)12-4-2-8-23-12/h2,4-6,8,10-11,22H,1,3,7,9H2/t10-,11+/m0/s1. The van der Waals surface area contributed by atoms with Gasteiger partial charge in [0, 0.05) is 23.7 Å². The van der Waals surface area contributed by atoms with Gasteiger partial charge in [-0.1, -0.05) is 6.07 Å². The molecule has 2 atom stereocenters. The number of rotatable bonds is 4. The van der Waals surface area contributed by atoms with Crippen molar-refractivity contribution >= 4 is 17.3 Å². The Morgan fingerprint density at radius 3 is 2.91 bits per heavy atom. The summed E-state index contributed by atoms with van der Waals surface area (Å²) in [5.74, 6) is 0.0840. The molecule has 0 spiro atoms. The van der Waals surface area contributed by atoms with Gasteiger partial charge in [0.2, 0.25) is 5.95 Å². The van der Waals surface area contributed by atoms with Gasteiger partial charge in [-0.3, -0.25) is 0 Å². The van der Waals surface area contributed by atoms with Gasteiger partial charge < -0.3 is 10.0 Å². The van der Waals surface area contributed by atoms with Crippen molar-refractivity contribution < 1.29 is 18.3 Å². The van der Waals surface area contributed by atoms with Crippen LogP contribution in [0.15, 0.2) is 29.8 Å². The van der Waals surface area contributed by atoms with E-state index in [-0.39, 0.29) is 12.0 Å². The van der Waals surface area contributed by atoms with Gasteiger partial charge in [-0.05, 0) is 36.8 Å². The van der Waals surface area contributed by atoms with Gasteiger partial charge in [0.25, 0.3) is 0 Å². The Kier molecular flexibility index (Phi) is 4.54. The second kappa shape index (κ2) is 6.45. The summed E-state index contributed by atoms with van der Waals surface area (Å²) >= 11 is 1.47. The predicted molar refractivity (Wildman–Crippen MR) is 81.3 cm³/mol. The van der Waals surface area contributed by atoms with E-state index in [1.807, 2.05) is 17.5 Å². The van der Waals surface area contributed by atoms with Crippen molar-refractivity contribution in [1.82, 2.24) is 9.97 Å². The summed E-state index contributed by atoms with van der Waals surface area (Å²) < 4.78 is 38.4. The summed E-state index contributed by atoms with van der Waals surface area (Å²) in [4.78, 5) is 10.3. The largest absolute Gasteiger partial charge is 0.433 e. The Morgan fingerprint density at radius 2 is 2.22 bits per heavy atom. The Hall–Kier alpha value is -1.67. The first-order valence-electron chi connectivity index (χ1n) is 7.33. The second-order valence-corrected chi connectivity index (χ2v) is 6.48. The van der Waals surface area contributed by atoms with Crippen LogP contribution in [-0.2, 0) is 6.18 Å². The molecule has 1 fully saturated rings. The highest BCUT2D eigenvalue weighted by Crippen LogP contribution is 2.33. The number of alkyl halides is 3. The molecule has 124 valence electrons. The van der Waals surface area contributed by atoms with E-state index in [1.54, 1.807) is 4.90 Å². The fourth-order valence-corrected chi connectivity index (χ4v) is 3.57. The van der Waals surface area contributed by atoms with Crippen LogP contribution >= 0.6 is 11.3 Å². The van der Waals surface area contributed by atoms with Crippen LogP contribution in [0.3, 0.4) is 0 Å². The molecule has 2 aromatic heterocycles. The lowest BCUT2D eigenvalue weighted by molar-refractivity contribution is -0.141. The van der Waals surface area contributed by atoms with E-state index in [1.165, 1.54) is 11.3 Å². The first kappa shape index (κ1) is 16.2. The summed E-state index contributed by atoms with van der Waals surface area (Å²) in [5.41, 5.74) is -0.938. The number of hydrogen-bond acceptors (Lipinski definition) is 5. The molecule has 3 heterocycles. The summed E-state index contributed by atoms with van der Waals surface area (Å²) in [7, 11) is 0. The zero-order valence-corrected chi connectivity index (χ0v) is 13.0. The van der Waals surface area contributed by atoms with E-state index in [0.29, 0.717) is 13.0 Å². The van der Waals surface area contributed by atoms with Gasteiger partial charge in [-0.2, -0.15) is 13.2 Å². The van der Waals surface area contributed by atoms with Gasteiger partial charge in [0.05, 0.1) is 6.10 Å². The smallest absolute Gasteiger partial charge is 0.387 e. The summed E-state index contributed by atoms with van der Waals surface area (Å²) in [6.07, 6.45) is -1.85. The zero-order valence-electron chi connectivity index (χ0n) is 12.2. The van der Waals surface area contributed by atoms with E-state index in [4.69, 9.17) is 0 Å². The van der Waals surface area contributed by atoms with Crippen LogP contribution in [-0.4, -0.2) is 27.7 Å². The number of aromatic nitrogens is 2. The third-order valence-corrected chi connectivity index (χ3v) is 4.91. The second-order valence-electron chi connectivity index (χ2n) is 5.50. The number of nitrogens with zero attached hydrogens (tertiary/aromatic N) is 3. The number of thiophene rings is 1. The highest BCUT2D eigenvalue weighted by atomic mass is 32.1. The molecular weight excluding hydrogens is 327 g/mol. The molecule has 0 aromatic carbocycles. The highest BCUT2D eigenvalue weighted by Gasteiger charge is 2.35. The number of aliphatic hydroxyl groups excluding tert-OH is 1. The minimum atomic E-state index is -4.48. The fraction of sp³-hybridized carbons (Fsp3) is 0.467. The highest BCUT2D eigenvalue weighted by molar-refractivity contribution is 7.10. The zero-order chi connectivity index (χ0) is 16.4. The van der Waals surface area contributed by atoms with Gasteiger partial charge in [0.1, 0.15) is 5.69 Å². The van der Waals surface area contributed by atoms with Crippen molar-refractivity contribution in [2.75, 3.05) is 11.4 Å². The van der Waals surface area contributed by atoms with Gasteiger partial charge in [0.15, 0.2) is 0 Å². The molecule has 0 unspecified atom stereocenters. The van der Waals surface area contributed by atoms with Gasteiger partial charge >= 0.3 is 6.18 Å². The number of aliphatic hydroxyl groups is 1. The molecule has 8 heteroatoms. The van der Waals surface area contributed by atoms with Crippen molar-refractivity contribution in [1.29, 1.82) is 0 Å². The minimum absolute atomic E-state index is 0.0596. The number of halogens is 3. The Balaban J connectivity index is 1.76. The van der Waals surface area contributed by atoms with E-state index in [9.17, 15) is 18.3 Å². The van der Waals surface area contributed by atoms with Gasteiger partial charge in [-0.25, -0.2) is 9.97 Å². The van der Waals surface area contributed by atoms with Crippen LogP contribution in [0.1, 0.15) is 35.9 Å². The SMILES string of the molecule is O[C@H](C[C@@H]1CCCN1c1nccc(C(F)(F)F)n1)c1cccs1. The molecule has 1 aliphatic heterocycles. The van der Waals surface area contributed by atoms with Crippen LogP contribution in [0, 0.1) is 0 Å². The first-order valence-corrected chi connectivity index (χ1v) is 8.21. The predicted octanol–water partition coefficient (Wildman–Crippen LogP) is 3.65. The van der Waals surface area contributed by atoms with Crippen molar-refractivity contribution in [2.45, 2.75) is 37.6 Å². The van der Waals surface area contributed by atoms with Crippen LogP contribution in [0.4, 0.5) is 19.1 Å². The molecule has 0 saturated carbocycles. The molecule has 1 N–H and O–H groups in total. The van der Waals surface area contributed by atoms with Gasteiger partial charge in [-0.15, -0.1) is 11.3 Å². The maximum Gasteiger partial charge on any atom is 0.433 e. The minimum Gasteiger partial charge on any atom is -0.387 e. The lowest BCUT2D eigenvalue weighted by Crippen LogP contribution is -2.32. The van der Waals surface area contributed by atoms with E-state index in [0.717, 1.165) is 30.0 Å². The topological polar surface area (TPSA) is 49.2 Å². The monoisotopic (exact) mass is 343 g/mol. The molecule has 2 aromatic rings. The lowest BCUT2D eigenvalue weighted by Gasteiger charge is -2.26. The van der Waals surface area contributed by atoms with Crippen LogP contribution in [0.2, 0.25) is 0 Å². The van der Waals surface area contributed by atoms with Crippen molar-refractivity contribution in [3.63, 3.8) is 0 Å². The molecular formula is C15H16F3N3OS. The summed E-state index contributed by atoms with van der Waals surface area (Å²) in [5, 5.41) is 12.2. The molecule has 23 heavy (non-hydrogen) atoms. The molecule has 1 saturated heterocycles. The lowest BCUT2D eigenvalue weighted by atomic mass is 10.1. The number of hydrogen-bond donors (Lipinski definition) is 1. The Labute approximate surface area is 135 Å². The fourth-order valence-electron chi connectivity index (χ4n) is 2.84. The Morgan fingerprint density at radius 1 is 1.39 bits per heavy atom. The molecule has 0 bridgehead atoms. The van der Waals surface area contributed by atoms with E-state index in [2.05, 4.69) is 9.97 Å². The average Bonchev–Trinajstić information content (AvgIpc) is 3.18. The first-order chi connectivity index (χ1) is 10.9. The normalized spacial score (nSPS) is 20.0. The van der Waals surface area contributed by atoms with Crippen molar-refractivity contribution in [3.05, 3.63) is 40.3 Å². The summed E-state index contributed by atoms with van der Waals surface area (Å²) in [6.45, 7) is 0.600. The van der Waals surface area contributed by atoms with Crippen molar-refractivity contribution in [3.8, 4) is 0 Å². The van der Waals surface area contributed by atoms with E-state index < -0.39 is 18.0 Å². The number of anilines is 1.